The van der Waals surface area contributed by atoms with Gasteiger partial charge in [0.2, 0.25) is 0 Å². The van der Waals surface area contributed by atoms with Crippen molar-refractivity contribution in [1.82, 2.24) is 5.01 Å². The van der Waals surface area contributed by atoms with Gasteiger partial charge in [0, 0.05) is 31.7 Å². The van der Waals surface area contributed by atoms with Crippen molar-refractivity contribution < 1.29 is 4.74 Å². The Morgan fingerprint density at radius 2 is 2.27 bits per heavy atom. The van der Waals surface area contributed by atoms with Gasteiger partial charge >= 0.3 is 0 Å². The smallest absolute Gasteiger partial charge is 0.0469 e. The molecule has 0 aromatic rings. The summed E-state index contributed by atoms with van der Waals surface area (Å²) in [6.07, 6.45) is 2.86. The lowest BCUT2D eigenvalue weighted by molar-refractivity contribution is 0.128. The van der Waals surface area contributed by atoms with E-state index in [0.29, 0.717) is 5.92 Å². The summed E-state index contributed by atoms with van der Waals surface area (Å²) in [4.78, 5) is 0. The number of hydrogen-bond donors (Lipinski definition) is 0. The highest BCUT2D eigenvalue weighted by Crippen LogP contribution is 2.09. The molecule has 0 radical (unpaired) electrons. The summed E-state index contributed by atoms with van der Waals surface area (Å²) in [5, 5.41) is 6.20. The quantitative estimate of drug-likeness (QED) is 0.351. The van der Waals surface area contributed by atoms with Crippen LogP contribution in [0.15, 0.2) is 17.4 Å². The Labute approximate surface area is 93.8 Å². The first-order chi connectivity index (χ1) is 7.11. The predicted octanol–water partition coefficient (Wildman–Crippen LogP) is 2.89. The van der Waals surface area contributed by atoms with Crippen LogP contribution < -0.4 is 0 Å². The molecule has 0 spiro atoms. The summed E-state index contributed by atoms with van der Waals surface area (Å²) in [7, 11) is 0. The Kier molecular flexibility index (Phi) is 8.01. The zero-order valence-corrected chi connectivity index (χ0v) is 10.5. The van der Waals surface area contributed by atoms with E-state index >= 15 is 0 Å². The average Bonchev–Trinajstić information content (AvgIpc) is 2.17. The van der Waals surface area contributed by atoms with Crippen LogP contribution in [0.4, 0.5) is 0 Å². The number of ether oxygens (including phenoxy) is 1. The Morgan fingerprint density at radius 1 is 1.60 bits per heavy atom. The standard InChI is InChI=1S/C12H24N2O/c1-6-13-14(11(3)4)10-12(5)8-9-15-7-2/h6,12H,3,7-10H2,1-2,4-5H3/b13-6-. The third kappa shape index (κ3) is 7.14. The fraction of sp³-hybridized carbons (Fsp3) is 0.750. The second-order valence-corrected chi connectivity index (χ2v) is 3.78. The van der Waals surface area contributed by atoms with Crippen LogP contribution in [0.5, 0.6) is 0 Å². The summed E-state index contributed by atoms with van der Waals surface area (Å²) in [5.74, 6) is 0.567. The van der Waals surface area contributed by atoms with E-state index in [-0.39, 0.29) is 0 Å². The predicted molar refractivity (Wildman–Crippen MR) is 66.0 cm³/mol. The van der Waals surface area contributed by atoms with Gasteiger partial charge in [-0.1, -0.05) is 13.5 Å². The molecule has 0 amide bonds. The van der Waals surface area contributed by atoms with Crippen molar-refractivity contribution >= 4 is 6.21 Å². The molecule has 0 aliphatic rings. The van der Waals surface area contributed by atoms with Gasteiger partial charge in [0.05, 0.1) is 0 Å². The first-order valence-corrected chi connectivity index (χ1v) is 5.61. The minimum Gasteiger partial charge on any atom is -0.382 e. The van der Waals surface area contributed by atoms with E-state index < -0.39 is 0 Å². The maximum atomic E-state index is 5.33. The summed E-state index contributed by atoms with van der Waals surface area (Å²) < 4.78 is 5.33. The van der Waals surface area contributed by atoms with Crippen LogP contribution >= 0.6 is 0 Å². The van der Waals surface area contributed by atoms with E-state index in [1.54, 1.807) is 6.21 Å². The molecule has 3 heteroatoms. The number of nitrogens with zero attached hydrogens (tertiary/aromatic N) is 2. The van der Waals surface area contributed by atoms with Crippen LogP contribution in [0.3, 0.4) is 0 Å². The molecule has 0 N–H and O–H groups in total. The van der Waals surface area contributed by atoms with Gasteiger partial charge in [-0.3, -0.25) is 5.01 Å². The number of allylic oxidation sites excluding steroid dienone is 1. The molecule has 0 aliphatic heterocycles. The summed E-state index contributed by atoms with van der Waals surface area (Å²) >= 11 is 0. The highest BCUT2D eigenvalue weighted by atomic mass is 16.5. The second-order valence-electron chi connectivity index (χ2n) is 3.78. The SMILES string of the molecule is C=C(C)N(CC(C)CCOCC)/N=C\C. The molecule has 0 bridgehead atoms. The first-order valence-electron chi connectivity index (χ1n) is 5.61. The molecule has 0 rings (SSSR count). The highest BCUT2D eigenvalue weighted by Gasteiger charge is 2.08. The lowest BCUT2D eigenvalue weighted by Crippen LogP contribution is -2.22. The lowest BCUT2D eigenvalue weighted by Gasteiger charge is -2.22. The van der Waals surface area contributed by atoms with Crippen LogP contribution in [0.2, 0.25) is 0 Å². The van der Waals surface area contributed by atoms with Gasteiger partial charge in [-0.2, -0.15) is 5.10 Å². The van der Waals surface area contributed by atoms with Gasteiger partial charge in [-0.25, -0.2) is 0 Å². The summed E-state index contributed by atoms with van der Waals surface area (Å²) in [6.45, 7) is 14.6. The molecule has 0 aromatic carbocycles. The fourth-order valence-corrected chi connectivity index (χ4v) is 1.26. The Hall–Kier alpha value is -0.830. The van der Waals surface area contributed by atoms with Gasteiger partial charge in [-0.15, -0.1) is 0 Å². The van der Waals surface area contributed by atoms with Gasteiger partial charge in [-0.05, 0) is 33.1 Å². The molecule has 0 aromatic heterocycles. The van der Waals surface area contributed by atoms with E-state index in [1.165, 1.54) is 0 Å². The van der Waals surface area contributed by atoms with E-state index in [0.717, 1.165) is 31.9 Å². The molecule has 0 fully saturated rings. The molecule has 88 valence electrons. The van der Waals surface area contributed by atoms with Gasteiger partial charge in [0.15, 0.2) is 0 Å². The molecule has 1 unspecified atom stereocenters. The van der Waals surface area contributed by atoms with Gasteiger partial charge < -0.3 is 4.74 Å². The molecule has 0 aliphatic carbocycles. The Morgan fingerprint density at radius 3 is 2.73 bits per heavy atom. The third-order valence-corrected chi connectivity index (χ3v) is 2.14. The van der Waals surface area contributed by atoms with E-state index in [2.05, 4.69) is 18.6 Å². The van der Waals surface area contributed by atoms with Crippen LogP contribution in [0.1, 0.15) is 34.1 Å². The topological polar surface area (TPSA) is 24.8 Å². The maximum Gasteiger partial charge on any atom is 0.0469 e. The lowest BCUT2D eigenvalue weighted by atomic mass is 10.1. The van der Waals surface area contributed by atoms with Gasteiger partial charge in [0.25, 0.3) is 0 Å². The van der Waals surface area contributed by atoms with Crippen LogP contribution in [0.25, 0.3) is 0 Å². The molecular formula is C12H24N2O. The van der Waals surface area contributed by atoms with E-state index in [4.69, 9.17) is 4.74 Å². The molecule has 0 saturated carbocycles. The minimum atomic E-state index is 0.567. The Balaban J connectivity index is 3.89. The molecule has 15 heavy (non-hydrogen) atoms. The van der Waals surface area contributed by atoms with Gasteiger partial charge in [0.1, 0.15) is 0 Å². The number of hydrogen-bond acceptors (Lipinski definition) is 3. The monoisotopic (exact) mass is 212 g/mol. The first kappa shape index (κ1) is 14.2. The zero-order valence-electron chi connectivity index (χ0n) is 10.5. The summed E-state index contributed by atoms with van der Waals surface area (Å²) in [5.41, 5.74) is 0.983. The number of rotatable bonds is 8. The van der Waals surface area contributed by atoms with Crippen molar-refractivity contribution in [2.45, 2.75) is 34.1 Å². The third-order valence-electron chi connectivity index (χ3n) is 2.14. The molecule has 1 atom stereocenters. The molecule has 0 heterocycles. The maximum absolute atomic E-state index is 5.33. The normalized spacial score (nSPS) is 13.1. The van der Waals surface area contributed by atoms with Crippen LogP contribution in [0, 0.1) is 5.92 Å². The largest absolute Gasteiger partial charge is 0.382 e. The second kappa shape index (κ2) is 8.48. The number of hydrazone groups is 1. The molecule has 3 nitrogen and oxygen atoms in total. The van der Waals surface area contributed by atoms with E-state index in [9.17, 15) is 0 Å². The van der Waals surface area contributed by atoms with Crippen molar-refractivity contribution in [1.29, 1.82) is 0 Å². The Bertz CT molecular complexity index is 202. The van der Waals surface area contributed by atoms with E-state index in [1.807, 2.05) is 25.8 Å². The van der Waals surface area contributed by atoms with Crippen molar-refractivity contribution in [2.24, 2.45) is 11.0 Å². The minimum absolute atomic E-state index is 0.567. The van der Waals surface area contributed by atoms with Crippen molar-refractivity contribution in [3.05, 3.63) is 12.3 Å². The highest BCUT2D eigenvalue weighted by molar-refractivity contribution is 5.52. The van der Waals surface area contributed by atoms with Crippen molar-refractivity contribution in [2.75, 3.05) is 19.8 Å². The molecular weight excluding hydrogens is 188 g/mol. The fourth-order valence-electron chi connectivity index (χ4n) is 1.26. The van der Waals surface area contributed by atoms with Crippen molar-refractivity contribution in [3.8, 4) is 0 Å². The van der Waals surface area contributed by atoms with Crippen molar-refractivity contribution in [3.63, 3.8) is 0 Å². The van der Waals surface area contributed by atoms with Crippen LogP contribution in [-0.2, 0) is 4.74 Å². The zero-order chi connectivity index (χ0) is 11.7. The van der Waals surface area contributed by atoms with Crippen LogP contribution in [-0.4, -0.2) is 31.0 Å². The molecule has 0 saturated heterocycles. The average molecular weight is 212 g/mol. The summed E-state index contributed by atoms with van der Waals surface area (Å²) in [6, 6.07) is 0.